The summed E-state index contributed by atoms with van der Waals surface area (Å²) >= 11 is 1.37. The van der Waals surface area contributed by atoms with Crippen LogP contribution in [0.1, 0.15) is 37.2 Å². The average Bonchev–Trinajstić information content (AvgIpc) is 3.02. The molecular weight excluding hydrogens is 252 g/mol. The Bertz CT molecular complexity index is 486. The fourth-order valence-electron chi connectivity index (χ4n) is 3.11. The van der Waals surface area contributed by atoms with Gasteiger partial charge in [-0.1, -0.05) is 0 Å². The molecule has 1 aliphatic carbocycles. The minimum absolute atomic E-state index is 0.156. The topological polar surface area (TPSA) is 66.6 Å². The van der Waals surface area contributed by atoms with Crippen molar-refractivity contribution in [1.82, 2.24) is 0 Å². The van der Waals surface area contributed by atoms with E-state index in [4.69, 9.17) is 0 Å². The lowest BCUT2D eigenvalue weighted by Crippen LogP contribution is -2.31. The molecule has 6 heteroatoms. The second kappa shape index (κ2) is 4.20. The number of anilines is 1. The molecule has 3 atom stereocenters. The minimum atomic E-state index is -0.637. The number of hydrogen-bond acceptors (Lipinski definition) is 5. The van der Waals surface area contributed by atoms with Gasteiger partial charge in [-0.15, -0.1) is 11.3 Å². The fourth-order valence-corrected chi connectivity index (χ4v) is 4.25. The van der Waals surface area contributed by atoms with Crippen molar-refractivity contribution in [2.24, 2.45) is 5.92 Å². The van der Waals surface area contributed by atoms with Gasteiger partial charge in [0, 0.05) is 23.5 Å². The number of piperidine rings is 1. The van der Waals surface area contributed by atoms with E-state index >= 15 is 0 Å². The van der Waals surface area contributed by atoms with E-state index in [1.165, 1.54) is 30.2 Å². The first-order valence-electron chi connectivity index (χ1n) is 6.29. The van der Waals surface area contributed by atoms with Crippen molar-refractivity contribution in [3.63, 3.8) is 0 Å². The molecule has 1 N–H and O–H groups in total. The Balaban J connectivity index is 1.97. The molecule has 1 saturated heterocycles. The van der Waals surface area contributed by atoms with Gasteiger partial charge in [-0.25, -0.2) is 0 Å². The van der Waals surface area contributed by atoms with Crippen LogP contribution in [0.25, 0.3) is 0 Å². The number of hydrogen-bond donors (Lipinski definition) is 1. The average molecular weight is 268 g/mol. The van der Waals surface area contributed by atoms with E-state index in [1.807, 2.05) is 0 Å². The van der Waals surface area contributed by atoms with Crippen molar-refractivity contribution >= 4 is 22.0 Å². The molecule has 0 aromatic carbocycles. The smallest absolute Gasteiger partial charge is 0.304 e. The van der Waals surface area contributed by atoms with Crippen molar-refractivity contribution in [2.45, 2.75) is 38.3 Å². The van der Waals surface area contributed by atoms with Gasteiger partial charge in [-0.3, -0.25) is 10.1 Å². The molecule has 18 heavy (non-hydrogen) atoms. The van der Waals surface area contributed by atoms with Crippen molar-refractivity contribution < 1.29 is 10.0 Å². The van der Waals surface area contributed by atoms with Crippen molar-refractivity contribution in [2.75, 3.05) is 11.4 Å². The summed E-state index contributed by atoms with van der Waals surface area (Å²) in [6.45, 7) is 2.58. The first-order chi connectivity index (χ1) is 8.56. The molecule has 2 bridgehead atoms. The first kappa shape index (κ1) is 11.9. The lowest BCUT2D eigenvalue weighted by molar-refractivity contribution is -0.383. The van der Waals surface area contributed by atoms with Gasteiger partial charge < -0.3 is 10.0 Å². The summed E-state index contributed by atoms with van der Waals surface area (Å²) in [4.78, 5) is 13.7. The molecule has 0 spiro atoms. The SMILES string of the molecule is CC(O)c1cc([N+](=O)[O-])c(N2CC3CCC2C3)s1. The molecule has 2 fully saturated rings. The fraction of sp³-hybridized carbons (Fsp3) is 0.667. The van der Waals surface area contributed by atoms with Crippen LogP contribution >= 0.6 is 11.3 Å². The lowest BCUT2D eigenvalue weighted by atomic mass is 10.1. The molecular formula is C12H16N2O3S. The highest BCUT2D eigenvalue weighted by atomic mass is 32.1. The zero-order chi connectivity index (χ0) is 12.9. The predicted octanol–water partition coefficient (Wildman–Crippen LogP) is 2.70. The maximum absolute atomic E-state index is 11.1. The van der Waals surface area contributed by atoms with Gasteiger partial charge in [-0.05, 0) is 32.1 Å². The van der Waals surface area contributed by atoms with Gasteiger partial charge in [0.15, 0.2) is 5.00 Å². The van der Waals surface area contributed by atoms with Crippen LogP contribution in [-0.2, 0) is 0 Å². The Morgan fingerprint density at radius 3 is 2.89 bits per heavy atom. The molecule has 3 unspecified atom stereocenters. The number of nitrogens with zero attached hydrogens (tertiary/aromatic N) is 2. The Labute approximate surface area is 109 Å². The third-order valence-corrected chi connectivity index (χ3v) is 5.32. The third-order valence-electron chi connectivity index (χ3n) is 3.99. The van der Waals surface area contributed by atoms with Crippen molar-refractivity contribution in [1.29, 1.82) is 0 Å². The summed E-state index contributed by atoms with van der Waals surface area (Å²) in [6, 6.07) is 1.99. The second-order valence-corrected chi connectivity index (χ2v) is 6.32. The van der Waals surface area contributed by atoms with Crippen LogP contribution in [0.15, 0.2) is 6.07 Å². The minimum Gasteiger partial charge on any atom is -0.388 e. The Hall–Kier alpha value is -1.14. The molecule has 2 heterocycles. The highest BCUT2D eigenvalue weighted by Crippen LogP contribution is 2.47. The van der Waals surface area contributed by atoms with Crippen LogP contribution in [-0.4, -0.2) is 22.6 Å². The molecule has 1 aromatic heterocycles. The van der Waals surface area contributed by atoms with Crippen LogP contribution in [0.4, 0.5) is 10.7 Å². The number of rotatable bonds is 3. The molecule has 0 radical (unpaired) electrons. The van der Waals surface area contributed by atoms with E-state index in [1.54, 1.807) is 6.92 Å². The molecule has 3 rings (SSSR count). The molecule has 2 aliphatic rings. The van der Waals surface area contributed by atoms with Crippen LogP contribution in [0.2, 0.25) is 0 Å². The Kier molecular flexibility index (Phi) is 2.79. The third kappa shape index (κ3) is 1.80. The lowest BCUT2D eigenvalue weighted by Gasteiger charge is -2.26. The normalized spacial score (nSPS) is 27.8. The van der Waals surface area contributed by atoms with Gasteiger partial charge in [0.05, 0.1) is 11.0 Å². The van der Waals surface area contributed by atoms with Crippen LogP contribution in [0, 0.1) is 16.0 Å². The largest absolute Gasteiger partial charge is 0.388 e. The second-order valence-electron chi connectivity index (χ2n) is 5.26. The van der Waals surface area contributed by atoms with E-state index in [0.29, 0.717) is 16.8 Å². The monoisotopic (exact) mass is 268 g/mol. The number of thiophene rings is 1. The van der Waals surface area contributed by atoms with E-state index in [9.17, 15) is 15.2 Å². The molecule has 1 aromatic rings. The molecule has 0 amide bonds. The van der Waals surface area contributed by atoms with Crippen molar-refractivity contribution in [3.05, 3.63) is 21.1 Å². The summed E-state index contributed by atoms with van der Waals surface area (Å²) < 4.78 is 0. The van der Waals surface area contributed by atoms with E-state index < -0.39 is 6.10 Å². The van der Waals surface area contributed by atoms with Crippen LogP contribution in [0.3, 0.4) is 0 Å². The molecule has 1 saturated carbocycles. The maximum atomic E-state index is 11.1. The van der Waals surface area contributed by atoms with E-state index in [0.717, 1.165) is 18.0 Å². The number of fused-ring (bicyclic) bond motifs is 2. The van der Waals surface area contributed by atoms with E-state index in [2.05, 4.69) is 4.90 Å². The summed E-state index contributed by atoms with van der Waals surface area (Å²) in [5.74, 6) is 0.701. The summed E-state index contributed by atoms with van der Waals surface area (Å²) in [5, 5.41) is 21.5. The highest BCUT2D eigenvalue weighted by molar-refractivity contribution is 7.16. The summed E-state index contributed by atoms with van der Waals surface area (Å²) in [5.41, 5.74) is 0.156. The number of nitro groups is 1. The van der Waals surface area contributed by atoms with Crippen molar-refractivity contribution in [3.8, 4) is 0 Å². The van der Waals surface area contributed by atoms with Gasteiger partial charge in [0.2, 0.25) is 0 Å². The van der Waals surface area contributed by atoms with Crippen LogP contribution < -0.4 is 4.90 Å². The van der Waals surface area contributed by atoms with Gasteiger partial charge in [-0.2, -0.15) is 0 Å². The zero-order valence-corrected chi connectivity index (χ0v) is 11.0. The number of aliphatic hydroxyl groups excluding tert-OH is 1. The van der Waals surface area contributed by atoms with E-state index in [-0.39, 0.29) is 10.6 Å². The molecule has 98 valence electrons. The van der Waals surface area contributed by atoms with Gasteiger partial charge >= 0.3 is 5.69 Å². The first-order valence-corrected chi connectivity index (χ1v) is 7.10. The summed E-state index contributed by atoms with van der Waals surface area (Å²) in [7, 11) is 0. The number of aliphatic hydroxyl groups is 1. The predicted molar refractivity (Wildman–Crippen MR) is 70.1 cm³/mol. The van der Waals surface area contributed by atoms with Gasteiger partial charge in [0.1, 0.15) is 0 Å². The highest BCUT2D eigenvalue weighted by Gasteiger charge is 2.41. The van der Waals surface area contributed by atoms with Crippen LogP contribution in [0.5, 0.6) is 0 Å². The zero-order valence-electron chi connectivity index (χ0n) is 10.2. The standard InChI is InChI=1S/C12H16N2O3S/c1-7(15)11-5-10(14(16)17)12(18-11)13-6-8-2-3-9(13)4-8/h5,7-9,15H,2-4,6H2,1H3. The Morgan fingerprint density at radius 1 is 1.61 bits per heavy atom. The maximum Gasteiger partial charge on any atom is 0.304 e. The molecule has 1 aliphatic heterocycles. The Morgan fingerprint density at radius 2 is 2.39 bits per heavy atom. The molecule has 5 nitrogen and oxygen atoms in total. The quantitative estimate of drug-likeness (QED) is 0.676. The summed E-state index contributed by atoms with van der Waals surface area (Å²) in [6.07, 6.45) is 2.93. The van der Waals surface area contributed by atoms with Gasteiger partial charge in [0.25, 0.3) is 0 Å².